The predicted octanol–water partition coefficient (Wildman–Crippen LogP) is 2.56. The Morgan fingerprint density at radius 1 is 1.48 bits per heavy atom. The summed E-state index contributed by atoms with van der Waals surface area (Å²) in [5.41, 5.74) is 0. The van der Waals surface area contributed by atoms with Crippen molar-refractivity contribution in [2.24, 2.45) is 5.92 Å². The molecule has 21 heavy (non-hydrogen) atoms. The van der Waals surface area contributed by atoms with Gasteiger partial charge in [-0.3, -0.25) is 4.79 Å². The van der Waals surface area contributed by atoms with E-state index in [-0.39, 0.29) is 5.91 Å². The van der Waals surface area contributed by atoms with Crippen molar-refractivity contribution in [1.82, 2.24) is 20.1 Å². The maximum absolute atomic E-state index is 12.1. The van der Waals surface area contributed by atoms with E-state index < -0.39 is 0 Å². The van der Waals surface area contributed by atoms with Gasteiger partial charge in [-0.1, -0.05) is 37.6 Å². The minimum Gasteiger partial charge on any atom is -0.352 e. The molecule has 1 aromatic rings. The zero-order chi connectivity index (χ0) is 15.2. The smallest absolute Gasteiger partial charge is 0.230 e. The van der Waals surface area contributed by atoms with E-state index in [4.69, 9.17) is 0 Å². The molecular weight excluding hydrogens is 284 g/mol. The Balaban J connectivity index is 1.85. The molecule has 0 unspecified atom stereocenters. The highest BCUT2D eigenvalue weighted by molar-refractivity contribution is 7.99. The number of carbonyl (C=O) groups excluding carboxylic acids is 1. The summed E-state index contributed by atoms with van der Waals surface area (Å²) in [6.45, 7) is 8.53. The second-order valence-electron chi connectivity index (χ2n) is 5.65. The van der Waals surface area contributed by atoms with Crippen molar-refractivity contribution in [1.29, 1.82) is 0 Å². The predicted molar refractivity (Wildman–Crippen MR) is 85.2 cm³/mol. The first-order chi connectivity index (χ1) is 10.1. The summed E-state index contributed by atoms with van der Waals surface area (Å²) >= 11 is 1.44. The number of amides is 1. The quantitative estimate of drug-likeness (QED) is 0.648. The summed E-state index contributed by atoms with van der Waals surface area (Å²) in [6, 6.07) is 0.333. The Morgan fingerprint density at radius 2 is 2.24 bits per heavy atom. The van der Waals surface area contributed by atoms with E-state index in [0.29, 0.717) is 24.3 Å². The Labute approximate surface area is 130 Å². The molecule has 1 aromatic heterocycles. The number of nitrogens with one attached hydrogen (secondary N) is 1. The molecule has 1 N–H and O–H groups in total. The van der Waals surface area contributed by atoms with Crippen molar-refractivity contribution >= 4 is 17.7 Å². The highest BCUT2D eigenvalue weighted by Crippen LogP contribution is 2.24. The Morgan fingerprint density at radius 3 is 2.95 bits per heavy atom. The average molecular weight is 308 g/mol. The maximum Gasteiger partial charge on any atom is 0.230 e. The molecule has 1 amide bonds. The lowest BCUT2D eigenvalue weighted by Gasteiger charge is -2.29. The van der Waals surface area contributed by atoms with Gasteiger partial charge in [0.2, 0.25) is 5.91 Å². The Kier molecular flexibility index (Phi) is 5.85. The highest BCUT2D eigenvalue weighted by Gasteiger charge is 2.23. The molecule has 0 spiro atoms. The van der Waals surface area contributed by atoms with Crippen molar-refractivity contribution in [3.63, 3.8) is 0 Å². The molecule has 1 fully saturated rings. The van der Waals surface area contributed by atoms with Crippen molar-refractivity contribution in [2.75, 3.05) is 5.75 Å². The van der Waals surface area contributed by atoms with E-state index in [9.17, 15) is 4.79 Å². The molecule has 2 atom stereocenters. The van der Waals surface area contributed by atoms with Crippen LogP contribution < -0.4 is 5.32 Å². The third-order valence-corrected chi connectivity index (χ3v) is 4.97. The van der Waals surface area contributed by atoms with Gasteiger partial charge in [0.05, 0.1) is 5.75 Å². The van der Waals surface area contributed by atoms with Gasteiger partial charge >= 0.3 is 0 Å². The van der Waals surface area contributed by atoms with Crippen LogP contribution in [-0.2, 0) is 11.3 Å². The lowest BCUT2D eigenvalue weighted by molar-refractivity contribution is -0.119. The second-order valence-corrected chi connectivity index (χ2v) is 6.60. The molecule has 0 bridgehead atoms. The summed E-state index contributed by atoms with van der Waals surface area (Å²) in [4.78, 5) is 12.1. The number of carbonyl (C=O) groups is 1. The van der Waals surface area contributed by atoms with E-state index in [1.165, 1.54) is 31.0 Å². The summed E-state index contributed by atoms with van der Waals surface area (Å²) in [6.07, 6.45) is 6.62. The molecule has 0 aromatic carbocycles. The van der Waals surface area contributed by atoms with E-state index in [1.807, 2.05) is 17.6 Å². The fourth-order valence-corrected chi connectivity index (χ4v) is 3.52. The molecule has 1 saturated carbocycles. The van der Waals surface area contributed by atoms with Gasteiger partial charge in [0.25, 0.3) is 0 Å². The number of hydrogen-bond acceptors (Lipinski definition) is 4. The molecule has 1 aliphatic carbocycles. The molecule has 5 nitrogen and oxygen atoms in total. The van der Waals surface area contributed by atoms with E-state index in [1.54, 1.807) is 0 Å². The standard InChI is InChI=1S/C15H24N4OS/c1-4-9-19-12(3)17-18-15(19)21-10-14(20)16-13-8-6-5-7-11(13)2/h4,11,13H,1,5-10H2,2-3H3,(H,16,20)/t11-,13+/m1/s1. The Bertz CT molecular complexity index is 500. The monoisotopic (exact) mass is 308 g/mol. The van der Waals surface area contributed by atoms with Crippen molar-refractivity contribution in [3.05, 3.63) is 18.5 Å². The van der Waals surface area contributed by atoms with Crippen LogP contribution in [0.1, 0.15) is 38.4 Å². The van der Waals surface area contributed by atoms with E-state index >= 15 is 0 Å². The first-order valence-corrected chi connectivity index (χ1v) is 8.53. The topological polar surface area (TPSA) is 59.8 Å². The molecule has 116 valence electrons. The van der Waals surface area contributed by atoms with Gasteiger partial charge in [-0.25, -0.2) is 0 Å². The normalized spacial score (nSPS) is 22.0. The lowest BCUT2D eigenvalue weighted by Crippen LogP contribution is -2.41. The third-order valence-electron chi connectivity index (χ3n) is 4.00. The van der Waals surface area contributed by atoms with Gasteiger partial charge in [0.1, 0.15) is 5.82 Å². The van der Waals surface area contributed by atoms with Crippen LogP contribution in [0.3, 0.4) is 0 Å². The van der Waals surface area contributed by atoms with Crippen molar-refractivity contribution in [3.8, 4) is 0 Å². The number of hydrogen-bond donors (Lipinski definition) is 1. The van der Waals surface area contributed by atoms with Gasteiger partial charge in [-0.05, 0) is 25.7 Å². The van der Waals surface area contributed by atoms with Crippen LogP contribution in [0.5, 0.6) is 0 Å². The van der Waals surface area contributed by atoms with Gasteiger partial charge in [0, 0.05) is 12.6 Å². The van der Waals surface area contributed by atoms with Crippen LogP contribution in [0.15, 0.2) is 17.8 Å². The molecular formula is C15H24N4OS. The fourth-order valence-electron chi connectivity index (χ4n) is 2.72. The zero-order valence-electron chi connectivity index (χ0n) is 12.8. The number of allylic oxidation sites excluding steroid dienone is 1. The number of aromatic nitrogens is 3. The summed E-state index contributed by atoms with van der Waals surface area (Å²) in [7, 11) is 0. The number of nitrogens with zero attached hydrogens (tertiary/aromatic N) is 3. The summed E-state index contributed by atoms with van der Waals surface area (Å²) < 4.78 is 1.97. The lowest BCUT2D eigenvalue weighted by atomic mass is 9.86. The van der Waals surface area contributed by atoms with E-state index in [2.05, 4.69) is 29.0 Å². The van der Waals surface area contributed by atoms with E-state index in [0.717, 1.165) is 17.4 Å². The van der Waals surface area contributed by atoms with Crippen LogP contribution in [0, 0.1) is 12.8 Å². The molecule has 1 aliphatic rings. The summed E-state index contributed by atoms with van der Waals surface area (Å²) in [5, 5.41) is 12.1. The fraction of sp³-hybridized carbons (Fsp3) is 0.667. The molecule has 0 saturated heterocycles. The molecule has 0 radical (unpaired) electrons. The minimum atomic E-state index is 0.0876. The number of thioether (sulfide) groups is 1. The largest absolute Gasteiger partial charge is 0.352 e. The molecule has 0 aliphatic heterocycles. The van der Waals surface area contributed by atoms with Crippen molar-refractivity contribution in [2.45, 2.75) is 57.3 Å². The first kappa shape index (κ1) is 16.1. The SMILES string of the molecule is C=CCn1c(C)nnc1SCC(=O)N[C@H]1CCCC[C@H]1C. The number of aryl methyl sites for hydroxylation is 1. The van der Waals surface area contributed by atoms with Gasteiger partial charge in [-0.15, -0.1) is 16.8 Å². The second kappa shape index (κ2) is 7.64. The van der Waals surface area contributed by atoms with Crippen LogP contribution in [0.25, 0.3) is 0 Å². The van der Waals surface area contributed by atoms with Crippen LogP contribution in [-0.4, -0.2) is 32.5 Å². The van der Waals surface area contributed by atoms with Gasteiger partial charge in [0.15, 0.2) is 5.16 Å². The van der Waals surface area contributed by atoms with Crippen LogP contribution >= 0.6 is 11.8 Å². The minimum absolute atomic E-state index is 0.0876. The molecule has 1 heterocycles. The van der Waals surface area contributed by atoms with Crippen LogP contribution in [0.4, 0.5) is 0 Å². The summed E-state index contributed by atoms with van der Waals surface area (Å²) in [5.74, 6) is 1.90. The highest BCUT2D eigenvalue weighted by atomic mass is 32.2. The average Bonchev–Trinajstić information content (AvgIpc) is 2.81. The van der Waals surface area contributed by atoms with Crippen molar-refractivity contribution < 1.29 is 4.79 Å². The first-order valence-electron chi connectivity index (χ1n) is 7.54. The number of rotatable bonds is 6. The Hall–Kier alpha value is -1.30. The van der Waals surface area contributed by atoms with Gasteiger partial charge in [-0.2, -0.15) is 0 Å². The zero-order valence-corrected chi connectivity index (χ0v) is 13.7. The third kappa shape index (κ3) is 4.33. The molecule has 6 heteroatoms. The maximum atomic E-state index is 12.1. The van der Waals surface area contributed by atoms with Crippen LogP contribution in [0.2, 0.25) is 0 Å². The van der Waals surface area contributed by atoms with Gasteiger partial charge < -0.3 is 9.88 Å². The molecule has 2 rings (SSSR count).